The van der Waals surface area contributed by atoms with Crippen molar-refractivity contribution in [1.82, 2.24) is 10.6 Å². The van der Waals surface area contributed by atoms with E-state index in [0.717, 1.165) is 5.75 Å². The summed E-state index contributed by atoms with van der Waals surface area (Å²) in [5, 5.41) is 5.54. The van der Waals surface area contributed by atoms with Crippen LogP contribution in [0.4, 0.5) is 0 Å². The summed E-state index contributed by atoms with van der Waals surface area (Å²) >= 11 is 0. The van der Waals surface area contributed by atoms with E-state index in [1.165, 1.54) is 11.1 Å². The number of carbonyl (C=O) groups excluding carboxylic acids is 1. The number of hydrogen-bond donors (Lipinski definition) is 2. The minimum atomic E-state index is -0.0171. The number of benzene rings is 1. The lowest BCUT2D eigenvalue weighted by Crippen LogP contribution is -2.34. The summed E-state index contributed by atoms with van der Waals surface area (Å²) in [6.45, 7) is 5.42. The Balaban J connectivity index is 2.28. The van der Waals surface area contributed by atoms with Crippen LogP contribution in [0.5, 0.6) is 5.75 Å². The second-order valence-corrected chi connectivity index (χ2v) is 4.05. The van der Waals surface area contributed by atoms with Gasteiger partial charge >= 0.3 is 0 Å². The molecule has 0 bridgehead atoms. The summed E-state index contributed by atoms with van der Waals surface area (Å²) in [7, 11) is 1.74. The molecule has 0 fully saturated rings. The number of aryl methyl sites for hydroxylation is 2. The molecule has 94 valence electrons. The first kappa shape index (κ1) is 13.5. The predicted octanol–water partition coefficient (Wildman–Crippen LogP) is 1.02. The van der Waals surface area contributed by atoms with Gasteiger partial charge in [-0.15, -0.1) is 0 Å². The van der Waals surface area contributed by atoms with E-state index in [0.29, 0.717) is 19.7 Å². The molecule has 0 aromatic heterocycles. The standard InChI is InChI=1S/C13H20N2O2/c1-10-6-11(2)8-12(7-10)17-5-4-15-13(16)9-14-3/h6-8,14H,4-5,9H2,1-3H3,(H,15,16). The van der Waals surface area contributed by atoms with E-state index in [9.17, 15) is 4.79 Å². The lowest BCUT2D eigenvalue weighted by molar-refractivity contribution is -0.120. The Labute approximate surface area is 102 Å². The molecular weight excluding hydrogens is 216 g/mol. The Bertz CT molecular complexity index is 357. The number of hydrogen-bond acceptors (Lipinski definition) is 3. The summed E-state index contributed by atoms with van der Waals surface area (Å²) in [5.74, 6) is 0.835. The van der Waals surface area contributed by atoms with Crippen LogP contribution in [0.15, 0.2) is 18.2 Å². The number of amides is 1. The molecule has 4 nitrogen and oxygen atoms in total. The first-order valence-electron chi connectivity index (χ1n) is 5.74. The quantitative estimate of drug-likeness (QED) is 0.725. The van der Waals surface area contributed by atoms with E-state index in [1.54, 1.807) is 7.05 Å². The monoisotopic (exact) mass is 236 g/mol. The number of likely N-dealkylation sites (N-methyl/N-ethyl adjacent to an activating group) is 1. The highest BCUT2D eigenvalue weighted by molar-refractivity contribution is 5.77. The maximum Gasteiger partial charge on any atom is 0.234 e. The third kappa shape index (κ3) is 5.36. The molecule has 0 aliphatic carbocycles. The SMILES string of the molecule is CNCC(=O)NCCOc1cc(C)cc(C)c1. The van der Waals surface area contributed by atoms with Gasteiger partial charge in [-0.05, 0) is 44.2 Å². The van der Waals surface area contributed by atoms with E-state index >= 15 is 0 Å². The van der Waals surface area contributed by atoms with Crippen molar-refractivity contribution in [2.24, 2.45) is 0 Å². The van der Waals surface area contributed by atoms with Crippen molar-refractivity contribution < 1.29 is 9.53 Å². The van der Waals surface area contributed by atoms with Crippen molar-refractivity contribution in [3.63, 3.8) is 0 Å². The van der Waals surface area contributed by atoms with Gasteiger partial charge in [0.2, 0.25) is 5.91 Å². The van der Waals surface area contributed by atoms with Crippen molar-refractivity contribution in [3.05, 3.63) is 29.3 Å². The van der Waals surface area contributed by atoms with Crippen molar-refractivity contribution in [2.75, 3.05) is 26.7 Å². The third-order valence-electron chi connectivity index (χ3n) is 2.23. The molecule has 4 heteroatoms. The summed E-state index contributed by atoms with van der Waals surface area (Å²) in [6.07, 6.45) is 0. The number of nitrogens with one attached hydrogen (secondary N) is 2. The molecule has 1 aromatic rings. The van der Waals surface area contributed by atoms with Gasteiger partial charge in [0.05, 0.1) is 13.1 Å². The van der Waals surface area contributed by atoms with E-state index in [-0.39, 0.29) is 5.91 Å². The van der Waals surface area contributed by atoms with E-state index in [1.807, 2.05) is 26.0 Å². The molecular formula is C13H20N2O2. The zero-order chi connectivity index (χ0) is 12.7. The van der Waals surface area contributed by atoms with Crippen LogP contribution in [0.25, 0.3) is 0 Å². The fraction of sp³-hybridized carbons (Fsp3) is 0.462. The number of rotatable bonds is 6. The fourth-order valence-electron chi connectivity index (χ4n) is 1.60. The lowest BCUT2D eigenvalue weighted by atomic mass is 10.1. The average Bonchev–Trinajstić information content (AvgIpc) is 2.23. The highest BCUT2D eigenvalue weighted by Crippen LogP contribution is 2.15. The van der Waals surface area contributed by atoms with Crippen LogP contribution in [0.3, 0.4) is 0 Å². The Morgan fingerprint density at radius 1 is 1.24 bits per heavy atom. The summed E-state index contributed by atoms with van der Waals surface area (Å²) < 4.78 is 5.56. The van der Waals surface area contributed by atoms with Gasteiger partial charge in [0.25, 0.3) is 0 Å². The molecule has 0 saturated carbocycles. The molecule has 2 N–H and O–H groups in total. The highest BCUT2D eigenvalue weighted by Gasteiger charge is 1.99. The summed E-state index contributed by atoms with van der Waals surface area (Å²) in [4.78, 5) is 11.1. The minimum absolute atomic E-state index is 0.0171. The maximum atomic E-state index is 11.1. The molecule has 1 amide bonds. The van der Waals surface area contributed by atoms with Gasteiger partial charge in [-0.3, -0.25) is 4.79 Å². The van der Waals surface area contributed by atoms with Gasteiger partial charge in [-0.25, -0.2) is 0 Å². The van der Waals surface area contributed by atoms with Crippen LogP contribution in [-0.4, -0.2) is 32.7 Å². The summed E-state index contributed by atoms with van der Waals surface area (Å²) in [6, 6.07) is 6.08. The average molecular weight is 236 g/mol. The minimum Gasteiger partial charge on any atom is -0.492 e. The van der Waals surface area contributed by atoms with Crippen molar-refractivity contribution in [1.29, 1.82) is 0 Å². The smallest absolute Gasteiger partial charge is 0.234 e. The van der Waals surface area contributed by atoms with Gasteiger partial charge in [-0.1, -0.05) is 6.07 Å². The molecule has 0 unspecified atom stereocenters. The zero-order valence-corrected chi connectivity index (χ0v) is 10.7. The summed E-state index contributed by atoms with van der Waals surface area (Å²) in [5.41, 5.74) is 2.36. The molecule has 0 spiro atoms. The molecule has 0 saturated heterocycles. The van der Waals surface area contributed by atoms with Gasteiger partial charge in [0.1, 0.15) is 12.4 Å². The maximum absolute atomic E-state index is 11.1. The second kappa shape index (κ2) is 6.91. The lowest BCUT2D eigenvalue weighted by Gasteiger charge is -2.09. The van der Waals surface area contributed by atoms with E-state index in [2.05, 4.69) is 16.7 Å². The van der Waals surface area contributed by atoms with Crippen molar-refractivity contribution in [2.45, 2.75) is 13.8 Å². The van der Waals surface area contributed by atoms with E-state index < -0.39 is 0 Å². The van der Waals surface area contributed by atoms with Gasteiger partial charge in [0.15, 0.2) is 0 Å². The van der Waals surface area contributed by atoms with Gasteiger partial charge < -0.3 is 15.4 Å². The molecule has 17 heavy (non-hydrogen) atoms. The normalized spacial score (nSPS) is 10.1. The van der Waals surface area contributed by atoms with Crippen molar-refractivity contribution in [3.8, 4) is 5.75 Å². The molecule has 1 rings (SSSR count). The Morgan fingerprint density at radius 2 is 1.88 bits per heavy atom. The van der Waals surface area contributed by atoms with Gasteiger partial charge in [0, 0.05) is 0 Å². The molecule has 1 aromatic carbocycles. The van der Waals surface area contributed by atoms with Crippen LogP contribution in [0.1, 0.15) is 11.1 Å². The number of carbonyl (C=O) groups is 1. The molecule has 0 atom stereocenters. The van der Waals surface area contributed by atoms with Crippen LogP contribution in [0.2, 0.25) is 0 Å². The van der Waals surface area contributed by atoms with Crippen molar-refractivity contribution >= 4 is 5.91 Å². The molecule has 0 aliphatic rings. The zero-order valence-electron chi connectivity index (χ0n) is 10.7. The topological polar surface area (TPSA) is 50.4 Å². The Morgan fingerprint density at radius 3 is 2.47 bits per heavy atom. The fourth-order valence-corrected chi connectivity index (χ4v) is 1.60. The molecule has 0 aliphatic heterocycles. The number of ether oxygens (including phenoxy) is 1. The third-order valence-corrected chi connectivity index (χ3v) is 2.23. The predicted molar refractivity (Wildman–Crippen MR) is 68.3 cm³/mol. The van der Waals surface area contributed by atoms with Crippen LogP contribution < -0.4 is 15.4 Å². The second-order valence-electron chi connectivity index (χ2n) is 4.05. The first-order valence-corrected chi connectivity index (χ1v) is 5.74. The Hall–Kier alpha value is -1.55. The van der Waals surface area contributed by atoms with Gasteiger partial charge in [-0.2, -0.15) is 0 Å². The molecule has 0 heterocycles. The van der Waals surface area contributed by atoms with Crippen LogP contribution in [0, 0.1) is 13.8 Å². The molecule has 0 radical (unpaired) electrons. The highest BCUT2D eigenvalue weighted by atomic mass is 16.5. The van der Waals surface area contributed by atoms with Crippen LogP contribution >= 0.6 is 0 Å². The van der Waals surface area contributed by atoms with E-state index in [4.69, 9.17) is 4.74 Å². The first-order chi connectivity index (χ1) is 8.11. The van der Waals surface area contributed by atoms with Crippen LogP contribution in [-0.2, 0) is 4.79 Å². The largest absolute Gasteiger partial charge is 0.492 e. The Kier molecular flexibility index (Phi) is 5.49.